The van der Waals surface area contributed by atoms with Crippen LogP contribution in [0.2, 0.25) is 0 Å². The second kappa shape index (κ2) is 11.4. The third-order valence-corrected chi connectivity index (χ3v) is 5.81. The molecule has 0 amide bonds. The van der Waals surface area contributed by atoms with Gasteiger partial charge in [-0.15, -0.1) is 12.4 Å². The Bertz CT molecular complexity index is 997. The first-order valence-corrected chi connectivity index (χ1v) is 11.3. The molecule has 9 heteroatoms. The maximum Gasteiger partial charge on any atom is 0.226 e. The number of piperazine rings is 1. The van der Waals surface area contributed by atoms with Crippen molar-refractivity contribution in [2.24, 2.45) is 7.05 Å². The van der Waals surface area contributed by atoms with Gasteiger partial charge in [0.1, 0.15) is 5.82 Å². The predicted octanol–water partition coefficient (Wildman–Crippen LogP) is 3.67. The van der Waals surface area contributed by atoms with E-state index in [4.69, 9.17) is 4.98 Å². The highest BCUT2D eigenvalue weighted by Crippen LogP contribution is 2.25. The summed E-state index contributed by atoms with van der Waals surface area (Å²) in [5.41, 5.74) is 3.03. The minimum atomic E-state index is 0. The molecule has 0 atom stereocenters. The Labute approximate surface area is 196 Å². The Balaban J connectivity index is 0.00000289. The van der Waals surface area contributed by atoms with Crippen LogP contribution in [-0.2, 0) is 7.05 Å². The molecule has 8 nitrogen and oxygen atoms in total. The van der Waals surface area contributed by atoms with E-state index in [0.717, 1.165) is 42.0 Å². The number of halogens is 1. The van der Waals surface area contributed by atoms with Crippen molar-refractivity contribution in [3.05, 3.63) is 36.0 Å². The summed E-state index contributed by atoms with van der Waals surface area (Å²) in [5, 5.41) is 12.1. The number of hydrogen-bond acceptors (Lipinski definition) is 7. The van der Waals surface area contributed by atoms with Crippen LogP contribution in [0.15, 0.2) is 30.5 Å². The number of benzene rings is 1. The van der Waals surface area contributed by atoms with Crippen molar-refractivity contribution in [1.82, 2.24) is 29.5 Å². The maximum absolute atomic E-state index is 4.75. The summed E-state index contributed by atoms with van der Waals surface area (Å²) in [6, 6.07) is 8.28. The van der Waals surface area contributed by atoms with Gasteiger partial charge in [-0.1, -0.05) is 19.1 Å². The first kappa shape index (κ1) is 24.2. The van der Waals surface area contributed by atoms with E-state index in [0.29, 0.717) is 5.95 Å². The smallest absolute Gasteiger partial charge is 0.226 e. The maximum atomic E-state index is 4.75. The van der Waals surface area contributed by atoms with Gasteiger partial charge < -0.3 is 20.4 Å². The molecular weight excluding hydrogens is 424 g/mol. The molecule has 1 aliphatic rings. The van der Waals surface area contributed by atoms with Crippen LogP contribution in [0.5, 0.6) is 0 Å². The third-order valence-electron chi connectivity index (χ3n) is 5.81. The number of nitrogens with zero attached hydrogens (tertiary/aromatic N) is 6. The van der Waals surface area contributed by atoms with Gasteiger partial charge in [-0.05, 0) is 50.6 Å². The van der Waals surface area contributed by atoms with Gasteiger partial charge in [0.25, 0.3) is 0 Å². The molecular formula is C23H35ClN8. The average molecular weight is 459 g/mol. The van der Waals surface area contributed by atoms with Crippen molar-refractivity contribution in [3.63, 3.8) is 0 Å². The zero-order valence-corrected chi connectivity index (χ0v) is 20.2. The highest BCUT2D eigenvalue weighted by molar-refractivity contribution is 5.89. The van der Waals surface area contributed by atoms with E-state index in [2.05, 4.69) is 56.5 Å². The molecule has 2 N–H and O–H groups in total. The van der Waals surface area contributed by atoms with Crippen LogP contribution >= 0.6 is 12.4 Å². The first-order chi connectivity index (χ1) is 15.1. The van der Waals surface area contributed by atoms with Crippen molar-refractivity contribution in [2.75, 3.05) is 56.4 Å². The lowest BCUT2D eigenvalue weighted by atomic mass is 10.2. The third kappa shape index (κ3) is 6.09. The van der Waals surface area contributed by atoms with E-state index < -0.39 is 0 Å². The Kier molecular flexibility index (Phi) is 8.67. The van der Waals surface area contributed by atoms with Crippen LogP contribution in [-0.4, -0.2) is 75.4 Å². The van der Waals surface area contributed by atoms with E-state index in [-0.39, 0.29) is 12.4 Å². The highest BCUT2D eigenvalue weighted by Gasteiger charge is 2.16. The lowest BCUT2D eigenvalue weighted by Crippen LogP contribution is -2.46. The quantitative estimate of drug-likeness (QED) is 0.474. The molecule has 0 unspecified atom stereocenters. The van der Waals surface area contributed by atoms with Crippen molar-refractivity contribution < 1.29 is 0 Å². The molecule has 1 saturated heterocycles. The van der Waals surface area contributed by atoms with Crippen molar-refractivity contribution in [1.29, 1.82) is 0 Å². The molecule has 0 radical (unpaired) electrons. The highest BCUT2D eigenvalue weighted by atomic mass is 35.5. The van der Waals surface area contributed by atoms with Crippen molar-refractivity contribution >= 4 is 40.9 Å². The minimum absolute atomic E-state index is 0. The lowest BCUT2D eigenvalue weighted by molar-refractivity contribution is 0.132. The van der Waals surface area contributed by atoms with Gasteiger partial charge in [-0.25, -0.2) is 0 Å². The number of hydrogen-bond donors (Lipinski definition) is 2. The van der Waals surface area contributed by atoms with Crippen LogP contribution in [0, 0.1) is 6.92 Å². The van der Waals surface area contributed by atoms with Crippen molar-refractivity contribution in [3.8, 4) is 0 Å². The Hall–Kier alpha value is -2.42. The minimum Gasteiger partial charge on any atom is -0.354 e. The Morgan fingerprint density at radius 1 is 1.03 bits per heavy atom. The van der Waals surface area contributed by atoms with Gasteiger partial charge in [0.2, 0.25) is 5.95 Å². The fraction of sp³-hybridized carbons (Fsp3) is 0.522. The molecule has 2 aromatic heterocycles. The van der Waals surface area contributed by atoms with Crippen LogP contribution in [0.1, 0.15) is 25.3 Å². The van der Waals surface area contributed by atoms with Crippen molar-refractivity contribution in [2.45, 2.75) is 26.7 Å². The van der Waals surface area contributed by atoms with Gasteiger partial charge in [-0.2, -0.15) is 15.1 Å². The van der Waals surface area contributed by atoms with E-state index in [9.17, 15) is 0 Å². The fourth-order valence-corrected chi connectivity index (χ4v) is 4.11. The number of anilines is 3. The molecule has 0 spiro atoms. The van der Waals surface area contributed by atoms with Gasteiger partial charge in [0, 0.05) is 45.5 Å². The molecule has 1 fully saturated rings. The Morgan fingerprint density at radius 2 is 1.78 bits per heavy atom. The summed E-state index contributed by atoms with van der Waals surface area (Å²) >= 11 is 0. The summed E-state index contributed by atoms with van der Waals surface area (Å²) in [4.78, 5) is 14.6. The molecule has 4 rings (SSSR count). The molecule has 1 aromatic carbocycles. The second-order valence-electron chi connectivity index (χ2n) is 8.36. The van der Waals surface area contributed by atoms with Gasteiger partial charge in [0.15, 0.2) is 5.65 Å². The predicted molar refractivity (Wildman–Crippen MR) is 134 cm³/mol. The second-order valence-corrected chi connectivity index (χ2v) is 8.36. The zero-order valence-electron chi connectivity index (χ0n) is 19.3. The molecule has 3 heterocycles. The lowest BCUT2D eigenvalue weighted by Gasteiger charge is -2.34. The SMILES string of the molecule is CCCN1CCN(CCCNc2nc(Nc3cccc(C)c3)c3cnn(C)c3n2)CC1.Cl. The average Bonchev–Trinajstić information content (AvgIpc) is 3.14. The van der Waals surface area contributed by atoms with Crippen LogP contribution in [0.25, 0.3) is 11.0 Å². The summed E-state index contributed by atoms with van der Waals surface area (Å²) in [6.45, 7) is 12.2. The fourth-order valence-electron chi connectivity index (χ4n) is 4.11. The van der Waals surface area contributed by atoms with Crippen LogP contribution in [0.4, 0.5) is 17.5 Å². The molecule has 0 bridgehead atoms. The largest absolute Gasteiger partial charge is 0.354 e. The summed E-state index contributed by atoms with van der Waals surface area (Å²) in [7, 11) is 1.91. The van der Waals surface area contributed by atoms with E-state index >= 15 is 0 Å². The molecule has 174 valence electrons. The van der Waals surface area contributed by atoms with Crippen LogP contribution < -0.4 is 10.6 Å². The number of rotatable bonds is 9. The van der Waals surface area contributed by atoms with E-state index in [1.165, 1.54) is 44.7 Å². The number of fused-ring (bicyclic) bond motifs is 1. The van der Waals surface area contributed by atoms with E-state index in [1.54, 1.807) is 4.68 Å². The van der Waals surface area contributed by atoms with Gasteiger partial charge >= 0.3 is 0 Å². The zero-order chi connectivity index (χ0) is 21.6. The molecule has 1 aliphatic heterocycles. The normalized spacial score (nSPS) is 15.0. The molecule has 3 aromatic rings. The Morgan fingerprint density at radius 3 is 2.50 bits per heavy atom. The topological polar surface area (TPSA) is 74.1 Å². The van der Waals surface area contributed by atoms with Gasteiger partial charge in [-0.3, -0.25) is 4.68 Å². The molecule has 32 heavy (non-hydrogen) atoms. The number of aryl methyl sites for hydroxylation is 2. The summed E-state index contributed by atoms with van der Waals surface area (Å²) in [6.07, 6.45) is 4.13. The first-order valence-electron chi connectivity index (χ1n) is 11.3. The van der Waals surface area contributed by atoms with Crippen LogP contribution in [0.3, 0.4) is 0 Å². The number of nitrogens with one attached hydrogen (secondary N) is 2. The molecule has 0 saturated carbocycles. The standard InChI is InChI=1S/C23H34N8.ClH/c1-4-10-30-12-14-31(15-13-30)11-6-9-24-23-27-21(20-17-25-29(3)22(20)28-23)26-19-8-5-7-18(2)16-19;/h5,7-8,16-17H,4,6,9-15H2,1-3H3,(H2,24,26,27,28);1H. The number of aromatic nitrogens is 4. The summed E-state index contributed by atoms with van der Waals surface area (Å²) in [5.74, 6) is 1.41. The molecule has 0 aliphatic carbocycles. The monoisotopic (exact) mass is 458 g/mol. The van der Waals surface area contributed by atoms with Gasteiger partial charge in [0.05, 0.1) is 11.6 Å². The van der Waals surface area contributed by atoms with E-state index in [1.807, 2.05) is 25.4 Å². The summed E-state index contributed by atoms with van der Waals surface area (Å²) < 4.78 is 1.79.